The van der Waals surface area contributed by atoms with Gasteiger partial charge in [-0.05, 0) is 30.7 Å². The van der Waals surface area contributed by atoms with Crippen molar-refractivity contribution < 1.29 is 9.53 Å². The van der Waals surface area contributed by atoms with E-state index in [0.717, 1.165) is 25.1 Å². The van der Waals surface area contributed by atoms with Crippen LogP contribution < -0.4 is 5.32 Å². The van der Waals surface area contributed by atoms with Crippen LogP contribution in [0.1, 0.15) is 12.0 Å². The summed E-state index contributed by atoms with van der Waals surface area (Å²) in [6.45, 7) is 2.29. The zero-order valence-corrected chi connectivity index (χ0v) is 10.7. The number of rotatable bonds is 2. The zero-order valence-electron chi connectivity index (χ0n) is 9.93. The van der Waals surface area contributed by atoms with E-state index in [4.69, 9.17) is 16.3 Å². The Bertz CT molecular complexity index is 449. The molecular formula is C13H15ClN2O2. The van der Waals surface area contributed by atoms with E-state index in [9.17, 15) is 4.79 Å². The normalized spacial score (nSPS) is 26.9. The van der Waals surface area contributed by atoms with Gasteiger partial charge in [0.05, 0.1) is 6.04 Å². The van der Waals surface area contributed by atoms with Crippen LogP contribution in [0.25, 0.3) is 0 Å². The first-order valence-corrected chi connectivity index (χ1v) is 6.54. The first-order valence-electron chi connectivity index (χ1n) is 6.16. The van der Waals surface area contributed by atoms with Crippen molar-refractivity contribution in [1.82, 2.24) is 10.2 Å². The predicted molar refractivity (Wildman–Crippen MR) is 68.5 cm³/mol. The van der Waals surface area contributed by atoms with Gasteiger partial charge in [0.2, 0.25) is 0 Å². The lowest BCUT2D eigenvalue weighted by atomic mass is 10.0. The number of nitrogens with one attached hydrogen (secondary N) is 1. The van der Waals surface area contributed by atoms with Gasteiger partial charge in [0.1, 0.15) is 6.10 Å². The standard InChI is InChI=1S/C13H15ClN2O2/c14-10-3-1-9(2-4-10)8-16-11-5-6-15-7-12(11)18-13(16)17/h1-4,11-12,15H,5-8H2. The summed E-state index contributed by atoms with van der Waals surface area (Å²) < 4.78 is 5.37. The van der Waals surface area contributed by atoms with Gasteiger partial charge in [-0.15, -0.1) is 0 Å². The largest absolute Gasteiger partial charge is 0.443 e. The molecule has 1 aromatic carbocycles. The minimum atomic E-state index is -0.205. The highest BCUT2D eigenvalue weighted by molar-refractivity contribution is 6.30. The van der Waals surface area contributed by atoms with Crippen LogP contribution in [0, 0.1) is 0 Å². The Labute approximate surface area is 111 Å². The van der Waals surface area contributed by atoms with E-state index in [-0.39, 0.29) is 18.2 Å². The van der Waals surface area contributed by atoms with Gasteiger partial charge in [-0.1, -0.05) is 23.7 Å². The van der Waals surface area contributed by atoms with Crippen LogP contribution in [-0.4, -0.2) is 36.2 Å². The topological polar surface area (TPSA) is 41.6 Å². The van der Waals surface area contributed by atoms with E-state index in [1.807, 2.05) is 29.2 Å². The molecule has 0 aromatic heterocycles. The lowest BCUT2D eigenvalue weighted by molar-refractivity contribution is 0.121. The van der Waals surface area contributed by atoms with Crippen LogP contribution in [0.4, 0.5) is 4.79 Å². The molecule has 2 aliphatic heterocycles. The van der Waals surface area contributed by atoms with Crippen LogP contribution in [0.15, 0.2) is 24.3 Å². The molecule has 2 unspecified atom stereocenters. The fourth-order valence-electron chi connectivity index (χ4n) is 2.59. The van der Waals surface area contributed by atoms with Crippen LogP contribution >= 0.6 is 11.6 Å². The molecule has 96 valence electrons. The fraction of sp³-hybridized carbons (Fsp3) is 0.462. The van der Waals surface area contributed by atoms with E-state index >= 15 is 0 Å². The third-order valence-electron chi connectivity index (χ3n) is 3.54. The fourth-order valence-corrected chi connectivity index (χ4v) is 2.72. The highest BCUT2D eigenvalue weighted by Crippen LogP contribution is 2.26. The third-order valence-corrected chi connectivity index (χ3v) is 3.80. The first-order chi connectivity index (χ1) is 8.74. The maximum absolute atomic E-state index is 11.9. The average molecular weight is 267 g/mol. The number of piperidine rings is 1. The van der Waals surface area contributed by atoms with Crippen molar-refractivity contribution in [2.24, 2.45) is 0 Å². The Hall–Kier alpha value is -1.26. The van der Waals surface area contributed by atoms with E-state index in [2.05, 4.69) is 5.32 Å². The number of hydrogen-bond acceptors (Lipinski definition) is 3. The molecule has 0 aliphatic carbocycles. The van der Waals surface area contributed by atoms with Crippen LogP contribution in [0.3, 0.4) is 0 Å². The number of hydrogen-bond donors (Lipinski definition) is 1. The Morgan fingerprint density at radius 2 is 2.17 bits per heavy atom. The maximum atomic E-state index is 11.9. The summed E-state index contributed by atoms with van der Waals surface area (Å²) in [4.78, 5) is 13.7. The smallest absolute Gasteiger partial charge is 0.410 e. The van der Waals surface area contributed by atoms with E-state index in [1.54, 1.807) is 0 Å². The molecule has 2 heterocycles. The molecule has 0 saturated carbocycles. The van der Waals surface area contributed by atoms with Gasteiger partial charge in [-0.25, -0.2) is 4.79 Å². The number of amides is 1. The van der Waals surface area contributed by atoms with Crippen molar-refractivity contribution in [2.45, 2.75) is 25.1 Å². The summed E-state index contributed by atoms with van der Waals surface area (Å²) in [5, 5.41) is 3.96. The Balaban J connectivity index is 1.75. The third kappa shape index (κ3) is 2.18. The van der Waals surface area contributed by atoms with E-state index < -0.39 is 0 Å². The molecule has 1 N–H and O–H groups in total. The minimum absolute atomic E-state index is 0.00134. The van der Waals surface area contributed by atoms with Crippen LogP contribution in [0.2, 0.25) is 5.02 Å². The Morgan fingerprint density at radius 3 is 2.94 bits per heavy atom. The number of nitrogens with zero attached hydrogens (tertiary/aromatic N) is 1. The second-order valence-electron chi connectivity index (χ2n) is 4.74. The monoisotopic (exact) mass is 266 g/mol. The van der Waals surface area contributed by atoms with Gasteiger partial charge in [0.25, 0.3) is 0 Å². The van der Waals surface area contributed by atoms with Gasteiger partial charge in [0.15, 0.2) is 0 Å². The van der Waals surface area contributed by atoms with E-state index in [0.29, 0.717) is 11.6 Å². The van der Waals surface area contributed by atoms with Crippen molar-refractivity contribution in [3.8, 4) is 0 Å². The Kier molecular flexibility index (Phi) is 3.14. The number of benzene rings is 1. The van der Waals surface area contributed by atoms with Crippen molar-refractivity contribution in [3.05, 3.63) is 34.9 Å². The number of fused-ring (bicyclic) bond motifs is 1. The molecule has 0 spiro atoms. The SMILES string of the molecule is O=C1OC2CNCCC2N1Cc1ccc(Cl)cc1. The van der Waals surface area contributed by atoms with Crippen molar-refractivity contribution >= 4 is 17.7 Å². The molecule has 1 aromatic rings. The number of halogens is 1. The second-order valence-corrected chi connectivity index (χ2v) is 5.17. The molecule has 3 rings (SSSR count). The average Bonchev–Trinajstić information content (AvgIpc) is 2.69. The summed E-state index contributed by atoms with van der Waals surface area (Å²) >= 11 is 5.85. The molecular weight excluding hydrogens is 252 g/mol. The van der Waals surface area contributed by atoms with Gasteiger partial charge in [-0.2, -0.15) is 0 Å². The van der Waals surface area contributed by atoms with Crippen molar-refractivity contribution in [2.75, 3.05) is 13.1 Å². The van der Waals surface area contributed by atoms with Gasteiger partial charge in [-0.3, -0.25) is 4.90 Å². The summed E-state index contributed by atoms with van der Waals surface area (Å²) in [7, 11) is 0. The molecule has 0 bridgehead atoms. The molecule has 2 fully saturated rings. The van der Waals surface area contributed by atoms with Gasteiger partial charge >= 0.3 is 6.09 Å². The van der Waals surface area contributed by atoms with Gasteiger partial charge < -0.3 is 10.1 Å². The number of carbonyl (C=O) groups is 1. The maximum Gasteiger partial charge on any atom is 0.410 e. The van der Waals surface area contributed by atoms with Crippen molar-refractivity contribution in [1.29, 1.82) is 0 Å². The highest BCUT2D eigenvalue weighted by Gasteiger charge is 2.42. The molecule has 18 heavy (non-hydrogen) atoms. The molecule has 2 aliphatic rings. The molecule has 1 amide bonds. The number of carbonyl (C=O) groups excluding carboxylic acids is 1. The first kappa shape index (κ1) is 11.8. The highest BCUT2D eigenvalue weighted by atomic mass is 35.5. The Morgan fingerprint density at radius 1 is 1.39 bits per heavy atom. The minimum Gasteiger partial charge on any atom is -0.443 e. The quantitative estimate of drug-likeness (QED) is 0.891. The molecule has 4 nitrogen and oxygen atoms in total. The summed E-state index contributed by atoms with van der Waals surface area (Å²) in [5.41, 5.74) is 1.08. The number of ether oxygens (including phenoxy) is 1. The molecule has 2 atom stereocenters. The molecule has 2 saturated heterocycles. The predicted octanol–water partition coefficient (Wildman–Crippen LogP) is 2.02. The lowest BCUT2D eigenvalue weighted by Gasteiger charge is -2.28. The summed E-state index contributed by atoms with van der Waals surface area (Å²) in [6.07, 6.45) is 0.742. The summed E-state index contributed by atoms with van der Waals surface area (Å²) in [5.74, 6) is 0. The van der Waals surface area contributed by atoms with Crippen molar-refractivity contribution in [3.63, 3.8) is 0 Å². The van der Waals surface area contributed by atoms with Crippen LogP contribution in [0.5, 0.6) is 0 Å². The van der Waals surface area contributed by atoms with Gasteiger partial charge in [0, 0.05) is 18.1 Å². The lowest BCUT2D eigenvalue weighted by Crippen LogP contribution is -2.47. The van der Waals surface area contributed by atoms with Crippen LogP contribution in [-0.2, 0) is 11.3 Å². The summed E-state index contributed by atoms with van der Waals surface area (Å²) in [6, 6.07) is 7.79. The second kappa shape index (κ2) is 4.78. The molecule has 5 heteroatoms. The van der Waals surface area contributed by atoms with E-state index in [1.165, 1.54) is 0 Å². The zero-order chi connectivity index (χ0) is 12.5. The molecule has 0 radical (unpaired) electrons.